The molecule has 0 aliphatic carbocycles. The first-order chi connectivity index (χ1) is 6.11. The zero-order valence-corrected chi connectivity index (χ0v) is 8.32. The lowest BCUT2D eigenvalue weighted by molar-refractivity contribution is 0.0966. The van der Waals surface area contributed by atoms with Crippen molar-refractivity contribution < 1.29 is 4.79 Å². The van der Waals surface area contributed by atoms with Gasteiger partial charge < -0.3 is 0 Å². The number of ketones is 1. The van der Waals surface area contributed by atoms with E-state index in [2.05, 4.69) is 24.2 Å². The van der Waals surface area contributed by atoms with Crippen LogP contribution in [0.25, 0.3) is 0 Å². The highest BCUT2D eigenvalue weighted by atomic mass is 16.1. The third-order valence-electron chi connectivity index (χ3n) is 1.95. The summed E-state index contributed by atoms with van der Waals surface area (Å²) in [4.78, 5) is 11.5. The molecule has 0 fully saturated rings. The molecule has 72 valence electrons. The number of aromatic nitrogens is 3. The molecule has 13 heavy (non-hydrogen) atoms. The van der Waals surface area contributed by atoms with Crippen molar-refractivity contribution in [2.24, 2.45) is 13.0 Å². The van der Waals surface area contributed by atoms with Crippen molar-refractivity contribution in [3.8, 4) is 0 Å². The van der Waals surface area contributed by atoms with Crippen molar-refractivity contribution in [2.75, 3.05) is 0 Å². The molecule has 0 aliphatic rings. The van der Waals surface area contributed by atoms with Crippen LogP contribution < -0.4 is 0 Å². The van der Waals surface area contributed by atoms with Crippen molar-refractivity contribution in [1.82, 2.24) is 15.0 Å². The van der Waals surface area contributed by atoms with Gasteiger partial charge in [-0.05, 0) is 12.3 Å². The topological polar surface area (TPSA) is 47.8 Å². The number of hydrogen-bond acceptors (Lipinski definition) is 3. The molecule has 0 aromatic carbocycles. The molecule has 0 saturated carbocycles. The maximum absolute atomic E-state index is 11.5. The second-order valence-electron chi connectivity index (χ2n) is 3.60. The first kappa shape index (κ1) is 9.89. The summed E-state index contributed by atoms with van der Waals surface area (Å²) in [5, 5.41) is 7.37. The van der Waals surface area contributed by atoms with Crippen LogP contribution in [-0.4, -0.2) is 20.8 Å². The standard InChI is InChI=1S/C9H15N3O/c1-7(2)4-5-9(13)8-6-10-11-12(8)3/h6-7H,4-5H2,1-3H3. The number of hydrogen-bond donors (Lipinski definition) is 0. The normalized spacial score (nSPS) is 10.8. The Labute approximate surface area is 77.9 Å². The van der Waals surface area contributed by atoms with Crippen molar-refractivity contribution >= 4 is 5.78 Å². The maximum Gasteiger partial charge on any atom is 0.182 e. The molecule has 0 unspecified atom stereocenters. The van der Waals surface area contributed by atoms with E-state index >= 15 is 0 Å². The van der Waals surface area contributed by atoms with Crippen molar-refractivity contribution in [2.45, 2.75) is 26.7 Å². The van der Waals surface area contributed by atoms with Crippen molar-refractivity contribution in [3.05, 3.63) is 11.9 Å². The van der Waals surface area contributed by atoms with E-state index in [-0.39, 0.29) is 5.78 Å². The number of carbonyl (C=O) groups excluding carboxylic acids is 1. The van der Waals surface area contributed by atoms with Gasteiger partial charge >= 0.3 is 0 Å². The lowest BCUT2D eigenvalue weighted by atomic mass is 10.0. The van der Waals surface area contributed by atoms with Gasteiger partial charge in [0.25, 0.3) is 0 Å². The summed E-state index contributed by atoms with van der Waals surface area (Å²) in [5.74, 6) is 0.686. The Balaban J connectivity index is 2.54. The van der Waals surface area contributed by atoms with Crippen LogP contribution in [0.2, 0.25) is 0 Å². The van der Waals surface area contributed by atoms with Crippen LogP contribution in [-0.2, 0) is 7.05 Å². The molecule has 1 heterocycles. The van der Waals surface area contributed by atoms with Gasteiger partial charge in [-0.15, -0.1) is 5.10 Å². The number of carbonyl (C=O) groups is 1. The lowest BCUT2D eigenvalue weighted by Gasteiger charge is -2.02. The Morgan fingerprint density at radius 1 is 1.62 bits per heavy atom. The summed E-state index contributed by atoms with van der Waals surface area (Å²) in [5.41, 5.74) is 0.598. The van der Waals surface area contributed by atoms with Gasteiger partial charge in [-0.25, -0.2) is 4.68 Å². The summed E-state index contributed by atoms with van der Waals surface area (Å²) >= 11 is 0. The Kier molecular flexibility index (Phi) is 3.17. The Hall–Kier alpha value is -1.19. The Bertz CT molecular complexity index is 291. The van der Waals surface area contributed by atoms with E-state index in [0.717, 1.165) is 6.42 Å². The highest BCUT2D eigenvalue weighted by Crippen LogP contribution is 2.08. The van der Waals surface area contributed by atoms with Crippen LogP contribution in [0.1, 0.15) is 37.2 Å². The van der Waals surface area contributed by atoms with Gasteiger partial charge in [0.15, 0.2) is 5.78 Å². The van der Waals surface area contributed by atoms with Gasteiger partial charge in [0.1, 0.15) is 5.69 Å². The van der Waals surface area contributed by atoms with Gasteiger partial charge in [-0.1, -0.05) is 19.1 Å². The number of nitrogens with zero attached hydrogens (tertiary/aromatic N) is 3. The van der Waals surface area contributed by atoms with Crippen LogP contribution in [0.3, 0.4) is 0 Å². The fraction of sp³-hybridized carbons (Fsp3) is 0.667. The maximum atomic E-state index is 11.5. The molecule has 0 N–H and O–H groups in total. The first-order valence-corrected chi connectivity index (χ1v) is 4.49. The zero-order chi connectivity index (χ0) is 9.84. The Morgan fingerprint density at radius 3 is 2.77 bits per heavy atom. The number of aryl methyl sites for hydroxylation is 1. The molecule has 0 bridgehead atoms. The highest BCUT2D eigenvalue weighted by Gasteiger charge is 2.10. The monoisotopic (exact) mass is 181 g/mol. The van der Waals surface area contributed by atoms with Crippen molar-refractivity contribution in [1.29, 1.82) is 0 Å². The van der Waals surface area contributed by atoms with Crippen LogP contribution >= 0.6 is 0 Å². The number of rotatable bonds is 4. The van der Waals surface area contributed by atoms with Gasteiger partial charge in [0, 0.05) is 13.5 Å². The average Bonchev–Trinajstić information content (AvgIpc) is 2.47. The van der Waals surface area contributed by atoms with Gasteiger partial charge in [0.05, 0.1) is 6.20 Å². The second kappa shape index (κ2) is 4.16. The summed E-state index contributed by atoms with van der Waals surface area (Å²) in [6.07, 6.45) is 3.02. The van der Waals surface area contributed by atoms with Crippen molar-refractivity contribution in [3.63, 3.8) is 0 Å². The Morgan fingerprint density at radius 2 is 2.31 bits per heavy atom. The molecule has 1 aromatic heterocycles. The molecular formula is C9H15N3O. The quantitative estimate of drug-likeness (QED) is 0.660. The van der Waals surface area contributed by atoms with E-state index in [1.807, 2.05) is 0 Å². The van der Waals surface area contributed by atoms with E-state index in [0.29, 0.717) is 18.0 Å². The predicted molar refractivity (Wildman–Crippen MR) is 49.4 cm³/mol. The molecule has 0 radical (unpaired) electrons. The molecule has 1 rings (SSSR count). The van der Waals surface area contributed by atoms with E-state index in [4.69, 9.17) is 0 Å². The lowest BCUT2D eigenvalue weighted by Crippen LogP contribution is -2.07. The SMILES string of the molecule is CC(C)CCC(=O)c1cnnn1C. The fourth-order valence-electron chi connectivity index (χ4n) is 1.09. The minimum Gasteiger partial charge on any atom is -0.292 e. The smallest absolute Gasteiger partial charge is 0.182 e. The fourth-order valence-corrected chi connectivity index (χ4v) is 1.09. The molecule has 4 heteroatoms. The molecule has 0 atom stereocenters. The molecule has 1 aromatic rings. The summed E-state index contributed by atoms with van der Waals surface area (Å²) in [6, 6.07) is 0. The third-order valence-corrected chi connectivity index (χ3v) is 1.95. The van der Waals surface area contributed by atoms with Crippen LogP contribution in [0.15, 0.2) is 6.20 Å². The van der Waals surface area contributed by atoms with E-state index < -0.39 is 0 Å². The predicted octanol–water partition coefficient (Wildman–Crippen LogP) is 1.43. The minimum atomic E-state index is 0.126. The molecule has 0 saturated heterocycles. The van der Waals surface area contributed by atoms with Crippen LogP contribution in [0.5, 0.6) is 0 Å². The first-order valence-electron chi connectivity index (χ1n) is 4.49. The minimum absolute atomic E-state index is 0.126. The molecular weight excluding hydrogens is 166 g/mol. The van der Waals surface area contributed by atoms with E-state index in [9.17, 15) is 4.79 Å². The summed E-state index contributed by atoms with van der Waals surface area (Å²) < 4.78 is 1.52. The van der Waals surface area contributed by atoms with Crippen LogP contribution in [0, 0.1) is 5.92 Å². The summed E-state index contributed by atoms with van der Waals surface area (Å²) in [6.45, 7) is 4.21. The second-order valence-corrected chi connectivity index (χ2v) is 3.60. The molecule has 4 nitrogen and oxygen atoms in total. The largest absolute Gasteiger partial charge is 0.292 e. The average molecular weight is 181 g/mol. The highest BCUT2D eigenvalue weighted by molar-refractivity contribution is 5.94. The molecule has 0 aliphatic heterocycles. The van der Waals surface area contributed by atoms with Crippen LogP contribution in [0.4, 0.5) is 0 Å². The molecule has 0 amide bonds. The van der Waals surface area contributed by atoms with Gasteiger partial charge in [-0.2, -0.15) is 0 Å². The van der Waals surface area contributed by atoms with E-state index in [1.54, 1.807) is 7.05 Å². The molecule has 0 spiro atoms. The van der Waals surface area contributed by atoms with Gasteiger partial charge in [0.2, 0.25) is 0 Å². The number of Topliss-reactive ketones (excluding diaryl/α,β-unsaturated/α-hetero) is 1. The zero-order valence-electron chi connectivity index (χ0n) is 8.32. The summed E-state index contributed by atoms with van der Waals surface area (Å²) in [7, 11) is 1.73. The van der Waals surface area contributed by atoms with E-state index in [1.165, 1.54) is 10.9 Å². The van der Waals surface area contributed by atoms with Gasteiger partial charge in [-0.3, -0.25) is 4.79 Å². The third kappa shape index (κ3) is 2.65.